The Bertz CT molecular complexity index is 1100. The van der Waals surface area contributed by atoms with Crippen LogP contribution >= 0.6 is 39.9 Å². The van der Waals surface area contributed by atoms with Crippen molar-refractivity contribution in [1.82, 2.24) is 4.57 Å². The topological polar surface area (TPSA) is 25.2 Å². The molecular formula is C22H17BrN2OS2. The molecule has 0 saturated carbocycles. The number of anilines is 1. The first-order valence-electron chi connectivity index (χ1n) is 8.73. The van der Waals surface area contributed by atoms with E-state index in [1.165, 1.54) is 11.8 Å². The number of carbonyl (C=O) groups excluding carboxylic acids is 1. The van der Waals surface area contributed by atoms with Gasteiger partial charge in [0.1, 0.15) is 0 Å². The normalized spacial score (nSPS) is 15.7. The number of hydrogen-bond donors (Lipinski definition) is 0. The van der Waals surface area contributed by atoms with Crippen LogP contribution < -0.4 is 4.90 Å². The molecule has 0 spiro atoms. The number of aryl methyl sites for hydroxylation is 1. The molecule has 2 heterocycles. The molecule has 1 amide bonds. The standard InChI is InChI=1S/C22H17BrN2OS2/c1-14-12-16(15(2)24(14)19-10-8-17(23)9-11-19)13-20-21(26)25(22(27)28-20)18-6-4-3-5-7-18/h3-13H,1-2H3/b20-13-. The van der Waals surface area contributed by atoms with E-state index >= 15 is 0 Å². The number of benzene rings is 2. The van der Waals surface area contributed by atoms with Crippen molar-refractivity contribution in [3.05, 3.63) is 87.0 Å². The third-order valence-corrected chi connectivity index (χ3v) is 6.48. The molecule has 0 atom stereocenters. The van der Waals surface area contributed by atoms with Gasteiger partial charge in [-0.1, -0.05) is 58.1 Å². The SMILES string of the molecule is Cc1cc(/C=C2\SC(=S)N(c3ccccc3)C2=O)c(C)n1-c1ccc(Br)cc1. The van der Waals surface area contributed by atoms with E-state index in [-0.39, 0.29) is 5.91 Å². The summed E-state index contributed by atoms with van der Waals surface area (Å²) in [4.78, 5) is 15.2. The highest BCUT2D eigenvalue weighted by Gasteiger charge is 2.33. The highest BCUT2D eigenvalue weighted by atomic mass is 79.9. The largest absolute Gasteiger partial charge is 0.318 e. The van der Waals surface area contributed by atoms with E-state index in [1.807, 2.05) is 48.5 Å². The van der Waals surface area contributed by atoms with Crippen LogP contribution in [0.3, 0.4) is 0 Å². The zero-order valence-corrected chi connectivity index (χ0v) is 18.6. The van der Waals surface area contributed by atoms with Gasteiger partial charge in [-0.05, 0) is 68.0 Å². The van der Waals surface area contributed by atoms with Gasteiger partial charge in [-0.25, -0.2) is 0 Å². The Balaban J connectivity index is 1.70. The van der Waals surface area contributed by atoms with Crippen molar-refractivity contribution in [3.63, 3.8) is 0 Å². The first kappa shape index (κ1) is 19.2. The molecule has 3 nitrogen and oxygen atoms in total. The second kappa shape index (κ2) is 7.70. The molecule has 6 heteroatoms. The molecule has 0 bridgehead atoms. The number of aromatic nitrogens is 1. The molecule has 28 heavy (non-hydrogen) atoms. The van der Waals surface area contributed by atoms with Crippen LogP contribution in [0.4, 0.5) is 5.69 Å². The molecule has 1 saturated heterocycles. The molecule has 4 rings (SSSR count). The number of para-hydroxylation sites is 1. The Morgan fingerprint density at radius 1 is 1.00 bits per heavy atom. The van der Waals surface area contributed by atoms with E-state index in [4.69, 9.17) is 12.2 Å². The first-order valence-corrected chi connectivity index (χ1v) is 10.8. The van der Waals surface area contributed by atoms with Gasteiger partial charge in [0, 0.05) is 21.5 Å². The summed E-state index contributed by atoms with van der Waals surface area (Å²) in [5.41, 5.74) is 5.12. The number of carbonyl (C=O) groups is 1. The molecule has 1 fully saturated rings. The van der Waals surface area contributed by atoms with E-state index in [9.17, 15) is 4.79 Å². The maximum atomic E-state index is 13.0. The van der Waals surface area contributed by atoms with Crippen LogP contribution in [-0.4, -0.2) is 14.8 Å². The van der Waals surface area contributed by atoms with Gasteiger partial charge in [-0.3, -0.25) is 9.69 Å². The number of thioether (sulfide) groups is 1. The first-order chi connectivity index (χ1) is 13.5. The minimum Gasteiger partial charge on any atom is -0.318 e. The predicted molar refractivity (Wildman–Crippen MR) is 125 cm³/mol. The van der Waals surface area contributed by atoms with Crippen LogP contribution in [0.25, 0.3) is 11.8 Å². The predicted octanol–water partition coefficient (Wildman–Crippen LogP) is 6.26. The van der Waals surface area contributed by atoms with Gasteiger partial charge >= 0.3 is 0 Å². The van der Waals surface area contributed by atoms with Crippen LogP contribution in [0.15, 0.2) is 70.0 Å². The highest BCUT2D eigenvalue weighted by Crippen LogP contribution is 2.36. The number of thiocarbonyl (C=S) groups is 1. The summed E-state index contributed by atoms with van der Waals surface area (Å²) in [5.74, 6) is -0.0744. The molecular weight excluding hydrogens is 452 g/mol. The Morgan fingerprint density at radius 2 is 1.68 bits per heavy atom. The summed E-state index contributed by atoms with van der Waals surface area (Å²) in [6.07, 6.45) is 1.94. The van der Waals surface area contributed by atoms with Gasteiger partial charge in [0.05, 0.1) is 10.6 Å². The monoisotopic (exact) mass is 468 g/mol. The fourth-order valence-corrected chi connectivity index (χ4v) is 4.88. The minimum absolute atomic E-state index is 0.0744. The summed E-state index contributed by atoms with van der Waals surface area (Å²) in [5, 5.41) is 0. The van der Waals surface area contributed by atoms with Crippen molar-refractivity contribution in [2.24, 2.45) is 0 Å². The minimum atomic E-state index is -0.0744. The summed E-state index contributed by atoms with van der Waals surface area (Å²) in [7, 11) is 0. The molecule has 0 radical (unpaired) electrons. The molecule has 0 N–H and O–H groups in total. The molecule has 140 valence electrons. The van der Waals surface area contributed by atoms with Crippen LogP contribution in [-0.2, 0) is 4.79 Å². The lowest BCUT2D eigenvalue weighted by Gasteiger charge is -2.13. The van der Waals surface area contributed by atoms with Crippen molar-refractivity contribution < 1.29 is 4.79 Å². The maximum Gasteiger partial charge on any atom is 0.270 e. The van der Waals surface area contributed by atoms with Gasteiger partial charge in [0.15, 0.2) is 4.32 Å². The molecule has 2 aromatic carbocycles. The fourth-order valence-electron chi connectivity index (χ4n) is 3.33. The van der Waals surface area contributed by atoms with Gasteiger partial charge in [0.2, 0.25) is 0 Å². The molecule has 1 aliphatic heterocycles. The van der Waals surface area contributed by atoms with Crippen molar-refractivity contribution in [3.8, 4) is 5.69 Å². The number of amides is 1. The number of nitrogens with zero attached hydrogens (tertiary/aromatic N) is 2. The second-order valence-electron chi connectivity index (χ2n) is 6.49. The number of hydrogen-bond acceptors (Lipinski definition) is 3. The van der Waals surface area contributed by atoms with E-state index in [2.05, 4.69) is 52.5 Å². The lowest BCUT2D eigenvalue weighted by atomic mass is 10.2. The van der Waals surface area contributed by atoms with E-state index in [0.29, 0.717) is 9.23 Å². The number of halogens is 1. The van der Waals surface area contributed by atoms with Gasteiger partial charge in [-0.2, -0.15) is 0 Å². The van der Waals surface area contributed by atoms with Crippen LogP contribution in [0.2, 0.25) is 0 Å². The molecule has 0 unspecified atom stereocenters. The molecule has 0 aliphatic carbocycles. The average Bonchev–Trinajstić information content (AvgIpc) is 3.12. The Kier molecular flexibility index (Phi) is 5.27. The van der Waals surface area contributed by atoms with Crippen LogP contribution in [0.5, 0.6) is 0 Å². The average molecular weight is 469 g/mol. The Labute approximate surface area is 182 Å². The van der Waals surface area contributed by atoms with Crippen LogP contribution in [0.1, 0.15) is 17.0 Å². The van der Waals surface area contributed by atoms with E-state index < -0.39 is 0 Å². The summed E-state index contributed by atoms with van der Waals surface area (Å²) >= 11 is 10.3. The van der Waals surface area contributed by atoms with Crippen molar-refractivity contribution in [2.75, 3.05) is 4.90 Å². The van der Waals surface area contributed by atoms with Gasteiger partial charge < -0.3 is 4.57 Å². The zero-order valence-electron chi connectivity index (χ0n) is 15.3. The Morgan fingerprint density at radius 3 is 2.36 bits per heavy atom. The van der Waals surface area contributed by atoms with Crippen molar-refractivity contribution in [2.45, 2.75) is 13.8 Å². The maximum absolute atomic E-state index is 13.0. The van der Waals surface area contributed by atoms with Crippen molar-refractivity contribution >= 4 is 61.9 Å². The number of rotatable bonds is 3. The molecule has 1 aliphatic rings. The summed E-state index contributed by atoms with van der Waals surface area (Å²) in [6.45, 7) is 4.14. The molecule has 3 aromatic rings. The third kappa shape index (κ3) is 3.48. The highest BCUT2D eigenvalue weighted by molar-refractivity contribution is 9.10. The smallest absolute Gasteiger partial charge is 0.270 e. The molecule has 1 aromatic heterocycles. The summed E-state index contributed by atoms with van der Waals surface area (Å²) in [6, 6.07) is 19.8. The Hall–Kier alpha value is -2.15. The second-order valence-corrected chi connectivity index (χ2v) is 9.08. The van der Waals surface area contributed by atoms with Gasteiger partial charge in [-0.15, -0.1) is 0 Å². The summed E-state index contributed by atoms with van der Waals surface area (Å²) < 4.78 is 3.80. The van der Waals surface area contributed by atoms with Gasteiger partial charge in [0.25, 0.3) is 5.91 Å². The van der Waals surface area contributed by atoms with E-state index in [1.54, 1.807) is 4.90 Å². The lowest BCUT2D eigenvalue weighted by molar-refractivity contribution is -0.113. The van der Waals surface area contributed by atoms with Crippen molar-refractivity contribution in [1.29, 1.82) is 0 Å². The van der Waals surface area contributed by atoms with Crippen LogP contribution in [0, 0.1) is 13.8 Å². The lowest BCUT2D eigenvalue weighted by Crippen LogP contribution is -2.27. The third-order valence-electron chi connectivity index (χ3n) is 4.65. The zero-order chi connectivity index (χ0) is 19.8. The fraction of sp³-hybridized carbons (Fsp3) is 0.0909. The quantitative estimate of drug-likeness (QED) is 0.334. The van der Waals surface area contributed by atoms with E-state index in [0.717, 1.165) is 32.8 Å².